The summed E-state index contributed by atoms with van der Waals surface area (Å²) in [5.74, 6) is -0.314. The van der Waals surface area contributed by atoms with E-state index in [-0.39, 0.29) is 21.7 Å². The summed E-state index contributed by atoms with van der Waals surface area (Å²) in [7, 11) is -8.90. The van der Waals surface area contributed by atoms with E-state index in [1.807, 2.05) is 0 Å². The molecule has 0 aromatic heterocycles. The van der Waals surface area contributed by atoms with Gasteiger partial charge in [-0.3, -0.25) is 9.11 Å². The second-order valence-corrected chi connectivity index (χ2v) is 10.9. The summed E-state index contributed by atoms with van der Waals surface area (Å²) in [6, 6.07) is 16.0. The molecule has 13 heteroatoms. The highest BCUT2D eigenvalue weighted by molar-refractivity contribution is 7.86. The lowest BCUT2D eigenvalue weighted by Gasteiger charge is -2.08. The Balaban J connectivity index is 1.65. The monoisotopic (exact) mass is 540 g/mol. The van der Waals surface area contributed by atoms with E-state index in [0.717, 1.165) is 0 Å². The molecular formula is C24H20N4O7S2. The van der Waals surface area contributed by atoms with Crippen molar-refractivity contribution >= 4 is 53.8 Å². The fourth-order valence-electron chi connectivity index (χ4n) is 3.56. The molecule has 0 spiro atoms. The van der Waals surface area contributed by atoms with Gasteiger partial charge in [0.2, 0.25) is 0 Å². The van der Waals surface area contributed by atoms with Gasteiger partial charge in [0, 0.05) is 5.39 Å². The summed E-state index contributed by atoms with van der Waals surface area (Å²) >= 11 is 0. The number of aromatic hydroxyl groups is 1. The molecule has 3 N–H and O–H groups in total. The highest BCUT2D eigenvalue weighted by Crippen LogP contribution is 2.40. The lowest BCUT2D eigenvalue weighted by molar-refractivity contribution is 0.476. The van der Waals surface area contributed by atoms with E-state index < -0.39 is 25.1 Å². The minimum Gasteiger partial charge on any atom is -0.506 e. The fourth-order valence-corrected chi connectivity index (χ4v) is 4.85. The van der Waals surface area contributed by atoms with Gasteiger partial charge in [-0.2, -0.15) is 32.2 Å². The highest BCUT2D eigenvalue weighted by Gasteiger charge is 2.19. The zero-order valence-corrected chi connectivity index (χ0v) is 21.1. The molecule has 11 nitrogen and oxygen atoms in total. The molecule has 0 fully saturated rings. The number of hydrogen-bond donors (Lipinski definition) is 3. The molecular weight excluding hydrogens is 520 g/mol. The Hall–Kier alpha value is -4.04. The Kier molecular flexibility index (Phi) is 6.88. The van der Waals surface area contributed by atoms with Crippen LogP contribution in [0.2, 0.25) is 0 Å². The molecule has 4 rings (SSSR count). The van der Waals surface area contributed by atoms with Crippen molar-refractivity contribution in [2.24, 2.45) is 20.5 Å². The fraction of sp³-hybridized carbons (Fsp3) is 0.0833. The molecule has 0 saturated heterocycles. The third-order valence-corrected chi connectivity index (χ3v) is 7.16. The van der Waals surface area contributed by atoms with Crippen LogP contribution in [0, 0.1) is 13.8 Å². The second-order valence-electron chi connectivity index (χ2n) is 8.06. The molecule has 0 heterocycles. The number of benzene rings is 4. The van der Waals surface area contributed by atoms with Crippen molar-refractivity contribution in [3.8, 4) is 5.75 Å². The van der Waals surface area contributed by atoms with Crippen molar-refractivity contribution < 1.29 is 31.0 Å². The molecule has 0 aliphatic rings. The van der Waals surface area contributed by atoms with E-state index in [4.69, 9.17) is 4.55 Å². The first kappa shape index (κ1) is 26.0. The Morgan fingerprint density at radius 1 is 0.676 bits per heavy atom. The van der Waals surface area contributed by atoms with Crippen molar-refractivity contribution in [3.05, 3.63) is 77.9 Å². The second kappa shape index (κ2) is 9.78. The summed E-state index contributed by atoms with van der Waals surface area (Å²) in [6.45, 7) is 3.38. The number of hydrogen-bond acceptors (Lipinski definition) is 9. The zero-order valence-electron chi connectivity index (χ0n) is 19.4. The van der Waals surface area contributed by atoms with E-state index in [1.165, 1.54) is 42.5 Å². The molecule has 4 aromatic carbocycles. The minimum atomic E-state index is -4.59. The van der Waals surface area contributed by atoms with Crippen LogP contribution in [0.5, 0.6) is 5.75 Å². The number of rotatable bonds is 6. The Bertz CT molecular complexity index is 1820. The van der Waals surface area contributed by atoms with Gasteiger partial charge in [0.1, 0.15) is 16.3 Å². The van der Waals surface area contributed by atoms with Gasteiger partial charge in [-0.15, -0.1) is 5.11 Å². The van der Waals surface area contributed by atoms with Gasteiger partial charge in [-0.05, 0) is 78.9 Å². The summed E-state index contributed by atoms with van der Waals surface area (Å²) < 4.78 is 65.0. The van der Waals surface area contributed by atoms with Gasteiger partial charge < -0.3 is 5.11 Å². The predicted octanol–water partition coefficient (Wildman–Crippen LogP) is 6.49. The topological polar surface area (TPSA) is 178 Å². The van der Waals surface area contributed by atoms with Crippen LogP contribution >= 0.6 is 0 Å². The van der Waals surface area contributed by atoms with E-state index >= 15 is 0 Å². The lowest BCUT2D eigenvalue weighted by Crippen LogP contribution is -1.99. The lowest BCUT2D eigenvalue weighted by atomic mass is 10.1. The molecule has 37 heavy (non-hydrogen) atoms. The molecule has 0 aliphatic heterocycles. The smallest absolute Gasteiger partial charge is 0.295 e. The standard InChI is InChI=1S/C24H20N4O7S2/c1-14-12-17(25-26-20-10-8-18(13-15(20)2)36(30,31)32)7-9-19(14)27-28-24-21(29)11-6-16-4-3-5-22(23(16)24)37(33,34)35/h3-13,29H,1-2H3,(H,30,31,32)(H,33,34,35). The SMILES string of the molecule is Cc1cc(S(=O)(=O)O)ccc1N=Nc1ccc(N=Nc2c(O)ccc3cccc(S(=O)(=O)O)c23)c(C)c1. The number of azo groups is 2. The number of nitrogens with zero attached hydrogens (tertiary/aromatic N) is 4. The third-order valence-electron chi connectivity index (χ3n) is 5.41. The molecule has 0 radical (unpaired) electrons. The predicted molar refractivity (Wildman–Crippen MR) is 136 cm³/mol. The molecule has 0 unspecified atom stereocenters. The van der Waals surface area contributed by atoms with E-state index in [2.05, 4.69) is 20.5 Å². The average molecular weight is 541 g/mol. The Morgan fingerprint density at radius 3 is 1.95 bits per heavy atom. The van der Waals surface area contributed by atoms with Crippen molar-refractivity contribution in [2.45, 2.75) is 23.6 Å². The highest BCUT2D eigenvalue weighted by atomic mass is 32.2. The Labute approximate surface area is 212 Å². The van der Waals surface area contributed by atoms with Crippen LogP contribution in [0.1, 0.15) is 11.1 Å². The molecule has 0 bridgehead atoms. The maximum absolute atomic E-state index is 11.9. The van der Waals surface area contributed by atoms with Crippen molar-refractivity contribution in [2.75, 3.05) is 0 Å². The van der Waals surface area contributed by atoms with Crippen molar-refractivity contribution in [3.63, 3.8) is 0 Å². The summed E-state index contributed by atoms with van der Waals surface area (Å²) in [4.78, 5) is -0.641. The number of phenolic OH excluding ortho intramolecular Hbond substituents is 1. The van der Waals surface area contributed by atoms with Gasteiger partial charge in [0.05, 0.1) is 22.0 Å². The maximum atomic E-state index is 11.9. The Morgan fingerprint density at radius 2 is 1.32 bits per heavy atom. The van der Waals surface area contributed by atoms with Gasteiger partial charge in [-0.25, -0.2) is 0 Å². The van der Waals surface area contributed by atoms with Crippen LogP contribution in [0.25, 0.3) is 10.8 Å². The molecule has 0 aliphatic carbocycles. The number of phenols is 1. The van der Waals surface area contributed by atoms with Crippen LogP contribution in [0.4, 0.5) is 22.7 Å². The first-order chi connectivity index (χ1) is 17.3. The van der Waals surface area contributed by atoms with Crippen molar-refractivity contribution in [1.82, 2.24) is 0 Å². The molecule has 0 amide bonds. The van der Waals surface area contributed by atoms with E-state index in [1.54, 1.807) is 38.1 Å². The van der Waals surface area contributed by atoms with Crippen LogP contribution in [0.3, 0.4) is 0 Å². The summed E-state index contributed by atoms with van der Waals surface area (Å²) in [5.41, 5.74) is 2.32. The number of aryl methyl sites for hydroxylation is 2. The van der Waals surface area contributed by atoms with Crippen LogP contribution in [-0.2, 0) is 20.2 Å². The average Bonchev–Trinajstić information content (AvgIpc) is 2.82. The van der Waals surface area contributed by atoms with Crippen molar-refractivity contribution in [1.29, 1.82) is 0 Å². The quantitative estimate of drug-likeness (QED) is 0.185. The first-order valence-corrected chi connectivity index (χ1v) is 13.5. The van der Waals surface area contributed by atoms with Gasteiger partial charge in [-0.1, -0.05) is 18.2 Å². The first-order valence-electron chi connectivity index (χ1n) is 10.6. The van der Waals surface area contributed by atoms with Crippen LogP contribution in [-0.4, -0.2) is 31.0 Å². The van der Waals surface area contributed by atoms with Gasteiger partial charge in [0.15, 0.2) is 0 Å². The molecule has 4 aromatic rings. The van der Waals surface area contributed by atoms with Crippen LogP contribution < -0.4 is 0 Å². The summed E-state index contributed by atoms with van der Waals surface area (Å²) in [6.07, 6.45) is 0. The molecule has 190 valence electrons. The van der Waals surface area contributed by atoms with E-state index in [0.29, 0.717) is 33.6 Å². The van der Waals surface area contributed by atoms with E-state index in [9.17, 15) is 26.5 Å². The normalized spacial score (nSPS) is 12.6. The largest absolute Gasteiger partial charge is 0.506 e. The zero-order chi connectivity index (χ0) is 27.0. The summed E-state index contributed by atoms with van der Waals surface area (Å²) in [5, 5.41) is 27.3. The maximum Gasteiger partial charge on any atom is 0.295 e. The van der Waals surface area contributed by atoms with Gasteiger partial charge in [0.25, 0.3) is 20.2 Å². The minimum absolute atomic E-state index is 0.0345. The third kappa shape index (κ3) is 5.70. The molecule has 0 atom stereocenters. The van der Waals surface area contributed by atoms with Crippen LogP contribution in [0.15, 0.2) is 97.0 Å². The number of fused-ring (bicyclic) bond motifs is 1. The molecule has 0 saturated carbocycles. The van der Waals surface area contributed by atoms with Gasteiger partial charge >= 0.3 is 0 Å².